The molecule has 1 aromatic carbocycles. The second-order valence-electron chi connectivity index (χ2n) is 5.18. The Balaban J connectivity index is 1.91. The number of benzene rings is 1. The number of thioether (sulfide) groups is 1. The number of para-hydroxylation sites is 1. The van der Waals surface area contributed by atoms with Crippen LogP contribution >= 0.6 is 24.0 Å². The van der Waals surface area contributed by atoms with E-state index in [0.29, 0.717) is 15.8 Å². The molecule has 0 N–H and O–H groups in total. The third-order valence-corrected chi connectivity index (χ3v) is 5.28. The van der Waals surface area contributed by atoms with Crippen LogP contribution in [0.25, 0.3) is 6.08 Å². The summed E-state index contributed by atoms with van der Waals surface area (Å²) >= 11 is 6.62. The van der Waals surface area contributed by atoms with Crippen molar-refractivity contribution < 1.29 is 4.79 Å². The predicted molar refractivity (Wildman–Crippen MR) is 102 cm³/mol. The Morgan fingerprint density at radius 2 is 1.83 bits per heavy atom. The van der Waals surface area contributed by atoms with E-state index < -0.39 is 0 Å². The molecule has 1 fully saturated rings. The maximum Gasteiger partial charge on any atom is 0.266 e. The van der Waals surface area contributed by atoms with E-state index in [1.165, 1.54) is 23.0 Å². The van der Waals surface area contributed by atoms with Crippen molar-refractivity contribution in [2.45, 2.75) is 13.8 Å². The highest BCUT2D eigenvalue weighted by Gasteiger charge is 2.30. The summed E-state index contributed by atoms with van der Waals surface area (Å²) in [7, 11) is 0. The highest BCUT2D eigenvalue weighted by atomic mass is 32.2. The molecule has 5 heteroatoms. The smallest absolute Gasteiger partial charge is 0.266 e. The topological polar surface area (TPSA) is 23.6 Å². The van der Waals surface area contributed by atoms with E-state index >= 15 is 0 Å². The Labute approximate surface area is 146 Å². The Hall–Kier alpha value is -1.85. The number of carbonyl (C=O) groups excluding carboxylic acids is 1. The van der Waals surface area contributed by atoms with Crippen molar-refractivity contribution in [2.24, 2.45) is 0 Å². The number of fused-ring (bicyclic) bond motifs is 1. The zero-order valence-electron chi connectivity index (χ0n) is 13.2. The molecule has 1 amide bonds. The number of rotatable bonds is 3. The summed E-state index contributed by atoms with van der Waals surface area (Å²) in [5, 5.41) is 0. The molecule has 0 saturated carbocycles. The minimum absolute atomic E-state index is 0.00240. The molecule has 0 atom stereocenters. The fourth-order valence-electron chi connectivity index (χ4n) is 2.72. The SMILES string of the molecule is CCN1C(=O)C(=CC=C2C=Cc3ccccc3N2CC)SC1=S. The molecule has 1 saturated heterocycles. The van der Waals surface area contributed by atoms with Gasteiger partial charge in [0.15, 0.2) is 0 Å². The molecule has 0 unspecified atom stereocenters. The fraction of sp³-hybridized carbons (Fsp3) is 0.222. The van der Waals surface area contributed by atoms with Crippen LogP contribution in [0.4, 0.5) is 5.69 Å². The number of hydrogen-bond acceptors (Lipinski definition) is 4. The lowest BCUT2D eigenvalue weighted by atomic mass is 10.1. The van der Waals surface area contributed by atoms with Gasteiger partial charge in [-0.1, -0.05) is 48.3 Å². The molecule has 0 aliphatic carbocycles. The lowest BCUT2D eigenvalue weighted by Gasteiger charge is -2.29. The van der Waals surface area contributed by atoms with Crippen LogP contribution in [0.5, 0.6) is 0 Å². The summed E-state index contributed by atoms with van der Waals surface area (Å²) in [4.78, 5) is 16.8. The number of nitrogens with zero attached hydrogens (tertiary/aromatic N) is 2. The zero-order chi connectivity index (χ0) is 16.4. The molecule has 1 aromatic rings. The van der Waals surface area contributed by atoms with E-state index in [0.717, 1.165) is 12.2 Å². The van der Waals surface area contributed by atoms with E-state index in [1.54, 1.807) is 4.90 Å². The van der Waals surface area contributed by atoms with Crippen LogP contribution < -0.4 is 4.90 Å². The lowest BCUT2D eigenvalue weighted by Crippen LogP contribution is -2.27. The van der Waals surface area contributed by atoms with Crippen LogP contribution in [-0.4, -0.2) is 28.2 Å². The van der Waals surface area contributed by atoms with Crippen LogP contribution in [0.2, 0.25) is 0 Å². The average Bonchev–Trinajstić information content (AvgIpc) is 2.85. The first kappa shape index (κ1) is 16.0. The highest BCUT2D eigenvalue weighted by molar-refractivity contribution is 8.26. The molecule has 0 aromatic heterocycles. The van der Waals surface area contributed by atoms with E-state index in [-0.39, 0.29) is 5.91 Å². The number of allylic oxidation sites excluding steroid dienone is 3. The Morgan fingerprint density at radius 1 is 1.09 bits per heavy atom. The van der Waals surface area contributed by atoms with Crippen LogP contribution in [0.1, 0.15) is 19.4 Å². The molecular formula is C18H18N2OS2. The number of hydrogen-bond donors (Lipinski definition) is 0. The summed E-state index contributed by atoms with van der Waals surface area (Å²) < 4.78 is 0.638. The number of amides is 1. The largest absolute Gasteiger partial charge is 0.341 e. The molecular weight excluding hydrogens is 324 g/mol. The number of anilines is 1. The zero-order valence-corrected chi connectivity index (χ0v) is 14.8. The van der Waals surface area contributed by atoms with Gasteiger partial charge in [-0.3, -0.25) is 9.69 Å². The molecule has 2 aliphatic heterocycles. The molecule has 3 rings (SSSR count). The quantitative estimate of drug-likeness (QED) is 0.607. The Morgan fingerprint density at radius 3 is 2.52 bits per heavy atom. The monoisotopic (exact) mass is 342 g/mol. The van der Waals surface area contributed by atoms with E-state index in [2.05, 4.69) is 36.1 Å². The molecule has 3 nitrogen and oxygen atoms in total. The normalized spacial score (nSPS) is 20.8. The van der Waals surface area contributed by atoms with Crippen molar-refractivity contribution in [3.63, 3.8) is 0 Å². The second-order valence-corrected chi connectivity index (χ2v) is 6.85. The standard InChI is InChI=1S/C18H18N2OS2/c1-3-19-14(10-9-13-7-5-6-8-15(13)19)11-12-16-17(21)20(4-2)18(22)23-16/h5-12H,3-4H2,1-2H3. The summed E-state index contributed by atoms with van der Waals surface area (Å²) in [6, 6.07) is 8.32. The van der Waals surface area contributed by atoms with E-state index in [9.17, 15) is 4.79 Å². The van der Waals surface area contributed by atoms with E-state index in [1.807, 2.05) is 31.2 Å². The van der Waals surface area contributed by atoms with Gasteiger partial charge in [0.05, 0.1) is 4.91 Å². The Bertz CT molecular complexity index is 749. The Kier molecular flexibility index (Phi) is 4.68. The maximum atomic E-state index is 12.3. The number of thiocarbonyl (C=S) groups is 1. The number of carbonyl (C=O) groups is 1. The van der Waals surface area contributed by atoms with Gasteiger partial charge < -0.3 is 4.90 Å². The third kappa shape index (κ3) is 2.99. The van der Waals surface area contributed by atoms with Crippen LogP contribution in [0, 0.1) is 0 Å². The van der Waals surface area contributed by atoms with Crippen LogP contribution in [0.3, 0.4) is 0 Å². The molecule has 2 heterocycles. The van der Waals surface area contributed by atoms with Gasteiger partial charge in [0.25, 0.3) is 5.91 Å². The van der Waals surface area contributed by atoms with Gasteiger partial charge in [-0.2, -0.15) is 0 Å². The molecule has 23 heavy (non-hydrogen) atoms. The summed E-state index contributed by atoms with van der Waals surface area (Å²) in [6.45, 7) is 5.55. The van der Waals surface area contributed by atoms with Gasteiger partial charge in [0.1, 0.15) is 4.32 Å². The van der Waals surface area contributed by atoms with Crippen molar-refractivity contribution in [1.82, 2.24) is 4.90 Å². The van der Waals surface area contributed by atoms with Gasteiger partial charge in [0, 0.05) is 24.5 Å². The third-order valence-electron chi connectivity index (χ3n) is 3.88. The molecule has 0 radical (unpaired) electrons. The summed E-state index contributed by atoms with van der Waals surface area (Å²) in [5.74, 6) is 0.00240. The summed E-state index contributed by atoms with van der Waals surface area (Å²) in [6.07, 6.45) is 8.07. The summed E-state index contributed by atoms with van der Waals surface area (Å²) in [5.41, 5.74) is 3.48. The first-order valence-electron chi connectivity index (χ1n) is 7.66. The molecule has 118 valence electrons. The average molecular weight is 342 g/mol. The van der Waals surface area contributed by atoms with Crippen LogP contribution in [-0.2, 0) is 4.79 Å². The van der Waals surface area contributed by atoms with Gasteiger partial charge >= 0.3 is 0 Å². The fourth-order valence-corrected chi connectivity index (χ4v) is 4.05. The minimum Gasteiger partial charge on any atom is -0.341 e. The second kappa shape index (κ2) is 6.72. The van der Waals surface area contributed by atoms with Crippen LogP contribution in [0.15, 0.2) is 53.1 Å². The van der Waals surface area contributed by atoms with Crippen molar-refractivity contribution in [3.8, 4) is 0 Å². The molecule has 0 bridgehead atoms. The maximum absolute atomic E-state index is 12.3. The van der Waals surface area contributed by atoms with Crippen molar-refractivity contribution in [3.05, 3.63) is 58.7 Å². The van der Waals surface area contributed by atoms with Crippen molar-refractivity contribution in [1.29, 1.82) is 0 Å². The van der Waals surface area contributed by atoms with Gasteiger partial charge in [-0.15, -0.1) is 0 Å². The van der Waals surface area contributed by atoms with Gasteiger partial charge in [-0.25, -0.2) is 0 Å². The first-order chi connectivity index (χ1) is 11.2. The highest BCUT2D eigenvalue weighted by Crippen LogP contribution is 2.33. The van der Waals surface area contributed by atoms with Gasteiger partial charge in [-0.05, 0) is 43.7 Å². The predicted octanol–water partition coefficient (Wildman–Crippen LogP) is 4.19. The number of likely N-dealkylation sites (N-methyl/N-ethyl adjacent to an activating group) is 2. The molecule has 2 aliphatic rings. The minimum atomic E-state index is 0.00240. The first-order valence-corrected chi connectivity index (χ1v) is 8.88. The van der Waals surface area contributed by atoms with Gasteiger partial charge in [0.2, 0.25) is 0 Å². The lowest BCUT2D eigenvalue weighted by molar-refractivity contribution is -0.122. The van der Waals surface area contributed by atoms with Crippen molar-refractivity contribution >= 4 is 46.0 Å². The molecule has 0 spiro atoms. The van der Waals surface area contributed by atoms with Crippen molar-refractivity contribution in [2.75, 3.05) is 18.0 Å². The van der Waals surface area contributed by atoms with E-state index in [4.69, 9.17) is 12.2 Å².